The Balaban J connectivity index is 1.34. The van der Waals surface area contributed by atoms with Crippen LogP contribution in [0.2, 0.25) is 0 Å². The van der Waals surface area contributed by atoms with Crippen molar-refractivity contribution in [1.29, 1.82) is 0 Å². The molecule has 0 radical (unpaired) electrons. The van der Waals surface area contributed by atoms with Crippen LogP contribution in [0.5, 0.6) is 5.75 Å². The lowest BCUT2D eigenvalue weighted by molar-refractivity contribution is -0.133. The fraction of sp³-hybridized carbons (Fsp3) is 0.229. The Morgan fingerprint density at radius 3 is 2.02 bits per heavy atom. The average Bonchev–Trinajstić information content (AvgIpc) is 3.44. The highest BCUT2D eigenvalue weighted by atomic mass is 16.6. The number of hydrogen-bond acceptors (Lipinski definition) is 5. The number of amides is 2. The zero-order valence-electron chi connectivity index (χ0n) is 23.7. The molecule has 0 unspecified atom stereocenters. The molecule has 0 spiro atoms. The highest BCUT2D eigenvalue weighted by molar-refractivity contribution is 5.97. The Labute approximate surface area is 246 Å². The quantitative estimate of drug-likeness (QED) is 0.238. The summed E-state index contributed by atoms with van der Waals surface area (Å²) >= 11 is 0. The van der Waals surface area contributed by atoms with Gasteiger partial charge in [0.2, 0.25) is 11.8 Å². The second-order valence-electron chi connectivity index (χ2n) is 10.3. The van der Waals surface area contributed by atoms with E-state index in [1.165, 1.54) is 0 Å². The standard InChI is InChI=1S/C35H35N3O4/c1-41-32-19-17-27(18-20-32)25-42-37-30-21-31(22-33(39)36-23-26-11-5-2-6-12-26)38(24-30)35(40)34(28-13-7-3-8-14-28)29-15-9-4-10-16-29/h2-20,31,34H,21-25H2,1H3,(H,36,39)/t31-/m0/s1. The van der Waals surface area contributed by atoms with Crippen LogP contribution in [0, 0.1) is 0 Å². The smallest absolute Gasteiger partial charge is 0.235 e. The van der Waals surface area contributed by atoms with Gasteiger partial charge in [0, 0.05) is 25.4 Å². The van der Waals surface area contributed by atoms with E-state index in [0.29, 0.717) is 26.1 Å². The third-order valence-corrected chi connectivity index (χ3v) is 7.40. The van der Waals surface area contributed by atoms with E-state index in [1.807, 2.05) is 115 Å². The molecule has 1 atom stereocenters. The number of nitrogens with one attached hydrogen (secondary N) is 1. The van der Waals surface area contributed by atoms with Crippen LogP contribution in [0.25, 0.3) is 0 Å². The molecular formula is C35H35N3O4. The summed E-state index contributed by atoms with van der Waals surface area (Å²) in [6.45, 7) is 1.03. The van der Waals surface area contributed by atoms with Crippen molar-refractivity contribution in [1.82, 2.24) is 10.2 Å². The molecule has 0 bridgehead atoms. The fourth-order valence-electron chi connectivity index (χ4n) is 5.22. The average molecular weight is 562 g/mol. The van der Waals surface area contributed by atoms with Crippen LogP contribution >= 0.6 is 0 Å². The maximum absolute atomic E-state index is 14.3. The van der Waals surface area contributed by atoms with E-state index in [2.05, 4.69) is 10.5 Å². The first-order valence-corrected chi connectivity index (χ1v) is 14.1. The number of carbonyl (C=O) groups excluding carboxylic acids is 2. The van der Waals surface area contributed by atoms with Crippen LogP contribution in [0.1, 0.15) is 41.0 Å². The maximum atomic E-state index is 14.3. The van der Waals surface area contributed by atoms with Crippen molar-refractivity contribution >= 4 is 17.5 Å². The van der Waals surface area contributed by atoms with Crippen molar-refractivity contribution in [2.75, 3.05) is 13.7 Å². The highest BCUT2D eigenvalue weighted by Gasteiger charge is 2.38. The van der Waals surface area contributed by atoms with Crippen LogP contribution in [0.4, 0.5) is 0 Å². The van der Waals surface area contributed by atoms with E-state index in [9.17, 15) is 9.59 Å². The Hall–Kier alpha value is -4.91. The van der Waals surface area contributed by atoms with E-state index >= 15 is 0 Å². The van der Waals surface area contributed by atoms with Crippen molar-refractivity contribution in [2.24, 2.45) is 5.16 Å². The van der Waals surface area contributed by atoms with Gasteiger partial charge in [-0.05, 0) is 34.4 Å². The van der Waals surface area contributed by atoms with Gasteiger partial charge in [-0.2, -0.15) is 0 Å². The van der Waals surface area contributed by atoms with Crippen LogP contribution in [0.15, 0.2) is 120 Å². The fourth-order valence-corrected chi connectivity index (χ4v) is 5.22. The van der Waals surface area contributed by atoms with Crippen molar-refractivity contribution in [3.8, 4) is 5.75 Å². The van der Waals surface area contributed by atoms with E-state index in [4.69, 9.17) is 9.57 Å². The SMILES string of the molecule is COc1ccc(CON=C2C[C@@H](CC(=O)NCc3ccccc3)N(C(=O)C(c3ccccc3)c3ccccc3)C2)cc1. The zero-order chi connectivity index (χ0) is 29.1. The van der Waals surface area contributed by atoms with Crippen molar-refractivity contribution in [3.63, 3.8) is 0 Å². The largest absolute Gasteiger partial charge is 0.497 e. The van der Waals surface area contributed by atoms with E-state index in [1.54, 1.807) is 12.0 Å². The number of hydrogen-bond donors (Lipinski definition) is 1. The molecule has 1 fully saturated rings. The summed E-state index contributed by atoms with van der Waals surface area (Å²) in [4.78, 5) is 34.9. The van der Waals surface area contributed by atoms with Gasteiger partial charge >= 0.3 is 0 Å². The first-order chi connectivity index (χ1) is 20.6. The minimum absolute atomic E-state index is 0.0615. The number of carbonyl (C=O) groups is 2. The Bertz CT molecular complexity index is 1440. The molecule has 5 rings (SSSR count). The molecule has 1 saturated heterocycles. The molecule has 7 nitrogen and oxygen atoms in total. The van der Waals surface area contributed by atoms with Gasteiger partial charge in [0.15, 0.2) is 0 Å². The van der Waals surface area contributed by atoms with E-state index in [0.717, 1.165) is 33.7 Å². The van der Waals surface area contributed by atoms with Crippen molar-refractivity contribution < 1.29 is 19.2 Å². The summed E-state index contributed by atoms with van der Waals surface area (Å²) < 4.78 is 5.22. The molecule has 1 heterocycles. The van der Waals surface area contributed by atoms with Gasteiger partial charge in [0.25, 0.3) is 0 Å². The highest BCUT2D eigenvalue weighted by Crippen LogP contribution is 2.31. The summed E-state index contributed by atoms with van der Waals surface area (Å²) in [7, 11) is 1.63. The van der Waals surface area contributed by atoms with Crippen LogP contribution in [0.3, 0.4) is 0 Å². The molecular weight excluding hydrogens is 526 g/mol. The third-order valence-electron chi connectivity index (χ3n) is 7.40. The number of methoxy groups -OCH3 is 1. The Morgan fingerprint density at radius 2 is 1.43 bits per heavy atom. The first kappa shape index (κ1) is 28.6. The monoisotopic (exact) mass is 561 g/mol. The lowest BCUT2D eigenvalue weighted by Crippen LogP contribution is -2.41. The number of benzene rings is 4. The molecule has 1 aliphatic rings. The predicted octanol–water partition coefficient (Wildman–Crippen LogP) is 5.71. The minimum atomic E-state index is -0.498. The second kappa shape index (κ2) is 14.1. The summed E-state index contributed by atoms with van der Waals surface area (Å²) in [5.74, 6) is 0.100. The second-order valence-corrected chi connectivity index (χ2v) is 10.3. The Kier molecular flexibility index (Phi) is 9.62. The zero-order valence-corrected chi connectivity index (χ0v) is 23.7. The predicted molar refractivity (Wildman–Crippen MR) is 163 cm³/mol. The summed E-state index contributed by atoms with van der Waals surface area (Å²) in [5, 5.41) is 7.42. The van der Waals surface area contributed by atoms with Crippen LogP contribution in [-0.2, 0) is 27.6 Å². The molecule has 7 heteroatoms. The van der Waals surface area contributed by atoms with Gasteiger partial charge in [-0.3, -0.25) is 9.59 Å². The van der Waals surface area contributed by atoms with Crippen molar-refractivity contribution in [2.45, 2.75) is 38.0 Å². The van der Waals surface area contributed by atoms with Gasteiger partial charge in [-0.1, -0.05) is 108 Å². The summed E-state index contributed by atoms with van der Waals surface area (Å²) in [5.41, 5.74) is 4.52. The topological polar surface area (TPSA) is 80.2 Å². The van der Waals surface area contributed by atoms with Gasteiger partial charge in [0.05, 0.1) is 25.3 Å². The number of nitrogens with zero attached hydrogens (tertiary/aromatic N) is 2. The molecule has 42 heavy (non-hydrogen) atoms. The number of ether oxygens (including phenoxy) is 1. The Morgan fingerprint density at radius 1 is 0.833 bits per heavy atom. The molecule has 0 saturated carbocycles. The summed E-state index contributed by atoms with van der Waals surface area (Å²) in [6.07, 6.45) is 0.635. The maximum Gasteiger partial charge on any atom is 0.235 e. The molecule has 1 aliphatic heterocycles. The van der Waals surface area contributed by atoms with Gasteiger partial charge in [0.1, 0.15) is 12.4 Å². The summed E-state index contributed by atoms with van der Waals surface area (Å²) in [6, 6.07) is 36.6. The van der Waals surface area contributed by atoms with E-state index in [-0.39, 0.29) is 24.3 Å². The molecule has 214 valence electrons. The van der Waals surface area contributed by atoms with Gasteiger partial charge in [-0.25, -0.2) is 0 Å². The van der Waals surface area contributed by atoms with Gasteiger partial charge < -0.3 is 19.8 Å². The molecule has 0 aromatic heterocycles. The van der Waals surface area contributed by atoms with Crippen molar-refractivity contribution in [3.05, 3.63) is 138 Å². The number of likely N-dealkylation sites (tertiary alicyclic amines) is 1. The molecule has 4 aromatic carbocycles. The number of rotatable bonds is 11. The third kappa shape index (κ3) is 7.43. The molecule has 0 aliphatic carbocycles. The lowest BCUT2D eigenvalue weighted by atomic mass is 9.89. The van der Waals surface area contributed by atoms with Crippen LogP contribution < -0.4 is 10.1 Å². The normalized spacial score (nSPS) is 15.5. The van der Waals surface area contributed by atoms with Crippen LogP contribution in [-0.4, -0.2) is 42.1 Å². The van der Waals surface area contributed by atoms with Gasteiger partial charge in [-0.15, -0.1) is 0 Å². The molecule has 4 aromatic rings. The minimum Gasteiger partial charge on any atom is -0.497 e. The number of oxime groups is 1. The molecule has 2 amide bonds. The first-order valence-electron chi connectivity index (χ1n) is 14.1. The lowest BCUT2D eigenvalue weighted by Gasteiger charge is -2.29. The molecule has 1 N–H and O–H groups in total. The van der Waals surface area contributed by atoms with E-state index < -0.39 is 5.92 Å².